The number of aliphatic carboxylic acids is 2. The van der Waals surface area contributed by atoms with Gasteiger partial charge in [0.15, 0.2) is 0 Å². The average molecular weight is 537 g/mol. The normalized spacial score (nSPS) is 14.0. The number of benzene rings is 1. The Labute approximate surface area is 216 Å². The molecule has 0 radical (unpaired) electrons. The summed E-state index contributed by atoms with van der Waals surface area (Å²) in [5.41, 5.74) is 7.10. The van der Waals surface area contributed by atoms with Crippen molar-refractivity contribution in [3.63, 3.8) is 0 Å². The Morgan fingerprint density at radius 3 is 2.05 bits per heavy atom. The van der Waals surface area contributed by atoms with Crippen LogP contribution in [0.1, 0.15) is 17.7 Å². The Hall–Kier alpha value is -4.11. The number of hydrogen-bond acceptors (Lipinski definition) is 9. The number of phenols is 1. The van der Waals surface area contributed by atoms with E-state index in [1.54, 1.807) is 12.1 Å². The maximum atomic E-state index is 13.1. The summed E-state index contributed by atoms with van der Waals surface area (Å²) in [4.78, 5) is 67.5. The predicted octanol–water partition coefficient (Wildman–Crippen LogP) is -1.83. The standard InChI is InChI=1S/C22H28N6O8S/c23-14(5-11-1-3-13(29)4-2-11)19(32)26-15(6-12-8-24-10-25-12)20(33)27-16(7-18(30)31)21(34)28-17(9-37)22(35)36/h1-4,8,10,14-17,29,37H,5-7,9,23H2,(H,24,25)(H,26,32)(H,27,33)(H,28,34)(H,30,31)(H,35,36). The molecule has 3 amide bonds. The monoisotopic (exact) mass is 536 g/mol. The fourth-order valence-corrected chi connectivity index (χ4v) is 3.44. The van der Waals surface area contributed by atoms with Gasteiger partial charge in [0.25, 0.3) is 0 Å². The number of aromatic amines is 1. The Bertz CT molecular complexity index is 1100. The van der Waals surface area contributed by atoms with Gasteiger partial charge in [0, 0.05) is 24.1 Å². The molecule has 2 aromatic rings. The number of rotatable bonds is 14. The number of phenolic OH excluding ortho intramolecular Hbond substituents is 1. The first-order valence-electron chi connectivity index (χ1n) is 11.0. The number of carboxylic acid groups (broad SMARTS) is 2. The summed E-state index contributed by atoms with van der Waals surface area (Å²) >= 11 is 3.84. The third-order valence-corrected chi connectivity index (χ3v) is 5.51. The lowest BCUT2D eigenvalue weighted by Gasteiger charge is -2.24. The topological polar surface area (TPSA) is 237 Å². The smallest absolute Gasteiger partial charge is 0.327 e. The lowest BCUT2D eigenvalue weighted by Crippen LogP contribution is -2.58. The number of hydrogen-bond donors (Lipinski definition) is 9. The van der Waals surface area contributed by atoms with Crippen molar-refractivity contribution in [3.05, 3.63) is 48.0 Å². The minimum absolute atomic E-state index is 0.0436. The third kappa shape index (κ3) is 9.46. The molecule has 1 heterocycles. The van der Waals surface area contributed by atoms with Crippen LogP contribution in [0.25, 0.3) is 0 Å². The van der Waals surface area contributed by atoms with Crippen molar-refractivity contribution >= 4 is 42.3 Å². The molecule has 0 saturated heterocycles. The van der Waals surface area contributed by atoms with Crippen LogP contribution in [0.4, 0.5) is 0 Å². The molecule has 0 saturated carbocycles. The summed E-state index contributed by atoms with van der Waals surface area (Å²) in [6, 6.07) is 0.619. The van der Waals surface area contributed by atoms with Gasteiger partial charge in [-0.05, 0) is 24.1 Å². The number of nitrogens with zero attached hydrogens (tertiary/aromatic N) is 1. The highest BCUT2D eigenvalue weighted by Crippen LogP contribution is 2.11. The van der Waals surface area contributed by atoms with Gasteiger partial charge in [-0.3, -0.25) is 19.2 Å². The fourth-order valence-electron chi connectivity index (χ4n) is 3.20. The van der Waals surface area contributed by atoms with Gasteiger partial charge >= 0.3 is 11.9 Å². The zero-order chi connectivity index (χ0) is 27.5. The van der Waals surface area contributed by atoms with E-state index in [1.165, 1.54) is 24.7 Å². The van der Waals surface area contributed by atoms with E-state index in [4.69, 9.17) is 10.8 Å². The van der Waals surface area contributed by atoms with Crippen molar-refractivity contribution in [2.75, 3.05) is 5.75 Å². The quantitative estimate of drug-likeness (QED) is 0.122. The van der Waals surface area contributed by atoms with Crippen molar-refractivity contribution in [2.45, 2.75) is 43.4 Å². The highest BCUT2D eigenvalue weighted by atomic mass is 32.1. The van der Waals surface area contributed by atoms with Gasteiger partial charge in [0.1, 0.15) is 23.9 Å². The Kier molecular flexibility index (Phi) is 10.9. The first kappa shape index (κ1) is 29.1. The van der Waals surface area contributed by atoms with Gasteiger partial charge in [-0.15, -0.1) is 0 Å². The van der Waals surface area contributed by atoms with E-state index in [-0.39, 0.29) is 24.3 Å². The molecule has 14 nitrogen and oxygen atoms in total. The molecule has 0 spiro atoms. The van der Waals surface area contributed by atoms with Gasteiger partial charge in [-0.25, -0.2) is 9.78 Å². The van der Waals surface area contributed by atoms with E-state index in [2.05, 4.69) is 38.5 Å². The van der Waals surface area contributed by atoms with E-state index >= 15 is 0 Å². The highest BCUT2D eigenvalue weighted by molar-refractivity contribution is 7.80. The number of carbonyl (C=O) groups excluding carboxylic acids is 3. The molecule has 4 unspecified atom stereocenters. The van der Waals surface area contributed by atoms with Crippen LogP contribution in [0, 0.1) is 0 Å². The lowest BCUT2D eigenvalue weighted by molar-refractivity contribution is -0.143. The molecule has 2 rings (SSSR count). The highest BCUT2D eigenvalue weighted by Gasteiger charge is 2.31. The van der Waals surface area contributed by atoms with Crippen LogP contribution in [0.2, 0.25) is 0 Å². The molecule has 37 heavy (non-hydrogen) atoms. The molecule has 15 heteroatoms. The fraction of sp³-hybridized carbons (Fsp3) is 0.364. The SMILES string of the molecule is NC(Cc1ccc(O)cc1)C(=O)NC(Cc1cnc[nH]1)C(=O)NC(CC(=O)O)C(=O)NC(CS)C(=O)O. The second kappa shape index (κ2) is 13.8. The zero-order valence-electron chi connectivity index (χ0n) is 19.5. The molecule has 1 aromatic heterocycles. The third-order valence-electron chi connectivity index (χ3n) is 5.15. The Morgan fingerprint density at radius 1 is 0.919 bits per heavy atom. The molecule has 0 bridgehead atoms. The second-order valence-electron chi connectivity index (χ2n) is 8.06. The summed E-state index contributed by atoms with van der Waals surface area (Å²) in [7, 11) is 0. The molecule has 1 aromatic carbocycles. The van der Waals surface area contributed by atoms with Crippen LogP contribution >= 0.6 is 12.6 Å². The first-order chi connectivity index (χ1) is 17.5. The molecule has 9 N–H and O–H groups in total. The second-order valence-corrected chi connectivity index (χ2v) is 8.43. The largest absolute Gasteiger partial charge is 0.508 e. The molecule has 4 atom stereocenters. The number of imidazole rings is 1. The Morgan fingerprint density at radius 2 is 1.51 bits per heavy atom. The summed E-state index contributed by atoms with van der Waals surface area (Å²) in [6.07, 6.45) is 1.91. The van der Waals surface area contributed by atoms with Crippen LogP contribution in [-0.4, -0.2) is 84.9 Å². The van der Waals surface area contributed by atoms with Crippen LogP contribution < -0.4 is 21.7 Å². The molecule has 0 aliphatic heterocycles. The van der Waals surface area contributed by atoms with E-state index in [0.717, 1.165) is 0 Å². The summed E-state index contributed by atoms with van der Waals surface area (Å²) in [6.45, 7) is 0. The van der Waals surface area contributed by atoms with Gasteiger partial charge in [0.05, 0.1) is 18.8 Å². The maximum Gasteiger partial charge on any atom is 0.327 e. The van der Waals surface area contributed by atoms with Crippen molar-refractivity contribution in [1.82, 2.24) is 25.9 Å². The number of aromatic nitrogens is 2. The Balaban J connectivity index is 2.16. The van der Waals surface area contributed by atoms with Crippen molar-refractivity contribution in [3.8, 4) is 5.75 Å². The number of H-pyrrole nitrogens is 1. The van der Waals surface area contributed by atoms with Crippen molar-refractivity contribution in [2.24, 2.45) is 5.73 Å². The van der Waals surface area contributed by atoms with Crippen LogP contribution in [0.5, 0.6) is 5.75 Å². The van der Waals surface area contributed by atoms with Gasteiger partial charge in [-0.1, -0.05) is 12.1 Å². The number of thiol groups is 1. The zero-order valence-corrected chi connectivity index (χ0v) is 20.4. The molecular weight excluding hydrogens is 508 g/mol. The molecule has 0 aliphatic carbocycles. The van der Waals surface area contributed by atoms with Crippen molar-refractivity contribution in [1.29, 1.82) is 0 Å². The number of aromatic hydroxyl groups is 1. The average Bonchev–Trinajstić information content (AvgIpc) is 3.35. The molecular formula is C22H28N6O8S. The van der Waals surface area contributed by atoms with Crippen LogP contribution in [0.15, 0.2) is 36.8 Å². The molecule has 200 valence electrons. The summed E-state index contributed by atoms with van der Waals surface area (Å²) in [5.74, 6) is -5.70. The maximum absolute atomic E-state index is 13.1. The van der Waals surface area contributed by atoms with Gasteiger partial charge < -0.3 is 42.0 Å². The van der Waals surface area contributed by atoms with E-state index in [1.807, 2.05) is 0 Å². The van der Waals surface area contributed by atoms with Crippen molar-refractivity contribution < 1.29 is 39.3 Å². The number of carboxylic acids is 2. The first-order valence-corrected chi connectivity index (χ1v) is 11.6. The molecule has 0 aliphatic rings. The van der Waals surface area contributed by atoms with E-state index in [0.29, 0.717) is 11.3 Å². The van der Waals surface area contributed by atoms with E-state index < -0.39 is 60.2 Å². The van der Waals surface area contributed by atoms with Gasteiger partial charge in [0.2, 0.25) is 17.7 Å². The minimum atomic E-state index is -1.64. The molecule has 0 fully saturated rings. The predicted molar refractivity (Wildman–Crippen MR) is 132 cm³/mol. The van der Waals surface area contributed by atoms with Crippen LogP contribution in [-0.2, 0) is 36.8 Å². The number of amides is 3. The van der Waals surface area contributed by atoms with E-state index in [9.17, 15) is 34.2 Å². The number of nitrogens with two attached hydrogens (primary N) is 1. The van der Waals surface area contributed by atoms with Gasteiger partial charge in [-0.2, -0.15) is 12.6 Å². The minimum Gasteiger partial charge on any atom is -0.508 e. The number of nitrogens with one attached hydrogen (secondary N) is 4. The number of carbonyl (C=O) groups is 5. The summed E-state index contributed by atoms with van der Waals surface area (Å²) in [5, 5.41) is 34.6. The lowest BCUT2D eigenvalue weighted by atomic mass is 10.0. The van der Waals surface area contributed by atoms with Crippen LogP contribution in [0.3, 0.4) is 0 Å². The summed E-state index contributed by atoms with van der Waals surface area (Å²) < 4.78 is 0.